The van der Waals surface area contributed by atoms with Crippen LogP contribution in [-0.4, -0.2) is 77.5 Å². The van der Waals surface area contributed by atoms with Crippen molar-refractivity contribution in [2.24, 2.45) is 29.6 Å². The summed E-state index contributed by atoms with van der Waals surface area (Å²) in [6.07, 6.45) is 10.1. The summed E-state index contributed by atoms with van der Waals surface area (Å²) >= 11 is 0. The number of hydrogen-bond donors (Lipinski definition) is 2. The lowest BCUT2D eigenvalue weighted by Gasteiger charge is -2.43. The number of ether oxygens (including phenoxy) is 5. The molecule has 0 unspecified atom stereocenters. The largest absolute Gasteiger partial charge is 0.463 e. The van der Waals surface area contributed by atoms with Crippen molar-refractivity contribution < 1.29 is 53.1 Å². The van der Waals surface area contributed by atoms with Gasteiger partial charge in [-0.3, -0.25) is 19.2 Å². The lowest BCUT2D eigenvalue weighted by atomic mass is 9.65. The number of allylic oxidation sites excluding steroid dienone is 3. The van der Waals surface area contributed by atoms with Crippen LogP contribution in [0.5, 0.6) is 0 Å². The second-order valence-electron chi connectivity index (χ2n) is 12.7. The zero-order valence-electron chi connectivity index (χ0n) is 27.3. The van der Waals surface area contributed by atoms with Crippen LogP contribution in [-0.2, 0) is 42.9 Å². The molecular weight excluding hydrogens is 584 g/mol. The van der Waals surface area contributed by atoms with E-state index in [9.17, 15) is 29.4 Å². The molecule has 1 saturated heterocycles. The summed E-state index contributed by atoms with van der Waals surface area (Å²) in [5.74, 6) is -0.179. The Morgan fingerprint density at radius 2 is 1.76 bits per heavy atom. The first-order chi connectivity index (χ1) is 21.3. The van der Waals surface area contributed by atoms with Crippen LogP contribution in [0, 0.1) is 29.6 Å². The smallest absolute Gasteiger partial charge is 0.308 e. The normalized spacial score (nSPS) is 34.6. The first-order valence-corrected chi connectivity index (χ1v) is 16.1. The van der Waals surface area contributed by atoms with Crippen LogP contribution in [0.1, 0.15) is 80.1 Å². The van der Waals surface area contributed by atoms with Crippen molar-refractivity contribution in [3.8, 4) is 0 Å². The Morgan fingerprint density at radius 3 is 2.40 bits per heavy atom. The fraction of sp³-hybridized carbons (Fsp3) is 0.706. The highest BCUT2D eigenvalue weighted by Gasteiger charge is 2.42. The molecule has 0 spiro atoms. The minimum Gasteiger partial charge on any atom is -0.463 e. The van der Waals surface area contributed by atoms with Gasteiger partial charge in [0.2, 0.25) is 0 Å². The predicted octanol–water partition coefficient (Wildman–Crippen LogP) is 3.95. The number of aliphatic hydroxyl groups excluding tert-OH is 2. The molecule has 11 atom stereocenters. The molecule has 0 aromatic rings. The zero-order valence-corrected chi connectivity index (χ0v) is 27.3. The zero-order chi connectivity index (χ0) is 33.3. The maximum atomic E-state index is 12.5. The lowest BCUT2D eigenvalue weighted by Crippen LogP contribution is -2.42. The van der Waals surface area contributed by atoms with Crippen molar-refractivity contribution in [3.63, 3.8) is 0 Å². The summed E-state index contributed by atoms with van der Waals surface area (Å²) in [6, 6.07) is 0. The Balaban J connectivity index is 0.000000292. The average molecular weight is 635 g/mol. The van der Waals surface area contributed by atoms with Crippen molar-refractivity contribution >= 4 is 23.9 Å². The van der Waals surface area contributed by atoms with Gasteiger partial charge in [0.15, 0.2) is 6.29 Å². The summed E-state index contributed by atoms with van der Waals surface area (Å²) in [4.78, 5) is 45.6. The Bertz CT molecular complexity index is 1130. The first kappa shape index (κ1) is 36.4. The van der Waals surface area contributed by atoms with E-state index in [1.807, 2.05) is 13.8 Å². The molecule has 11 nitrogen and oxygen atoms in total. The quantitative estimate of drug-likeness (QED) is 0.215. The van der Waals surface area contributed by atoms with E-state index in [2.05, 4.69) is 32.1 Å². The monoisotopic (exact) mass is 634 g/mol. The second kappa shape index (κ2) is 17.1. The number of rotatable bonds is 9. The minimum atomic E-state index is -1.08. The van der Waals surface area contributed by atoms with E-state index in [0.717, 1.165) is 25.7 Å². The fourth-order valence-corrected chi connectivity index (χ4v) is 6.34. The van der Waals surface area contributed by atoms with Crippen molar-refractivity contribution in [2.75, 3.05) is 6.61 Å². The lowest BCUT2D eigenvalue weighted by molar-refractivity contribution is -0.183. The standard InChI is InChI=1S/C24H36O5.C10H14O6/c1-5-15(3)24(27)29-21-11-14(2)10-17-7-6-16(4)20(23(17)21)9-8-19-12-18(25)13-22(26)28-19;1-6(11)14-5-9-8(15-7(2)12)3-4-10(13)16-9/h6-7,10,14-16,18-21,23,25H,5,8-9,11-13H2,1-4H3;3-4,8-10,13H,5H2,1-2H3/t14-,15-,16-,18+,19+,20-,21-,23-;8-,9+,10-/m00/s1. The molecule has 4 aliphatic rings. The van der Waals surface area contributed by atoms with Gasteiger partial charge in [-0.05, 0) is 61.2 Å². The Kier molecular flexibility index (Phi) is 13.8. The second-order valence-corrected chi connectivity index (χ2v) is 12.7. The average Bonchev–Trinajstić information content (AvgIpc) is 2.96. The van der Waals surface area contributed by atoms with Gasteiger partial charge in [-0.2, -0.15) is 0 Å². The van der Waals surface area contributed by atoms with E-state index < -0.39 is 36.5 Å². The summed E-state index contributed by atoms with van der Waals surface area (Å²) in [7, 11) is 0. The van der Waals surface area contributed by atoms with Gasteiger partial charge in [0.25, 0.3) is 0 Å². The molecule has 0 aromatic heterocycles. The summed E-state index contributed by atoms with van der Waals surface area (Å²) in [5, 5.41) is 19.1. The third-order valence-corrected chi connectivity index (χ3v) is 8.83. The van der Waals surface area contributed by atoms with Crippen LogP contribution in [0.4, 0.5) is 0 Å². The van der Waals surface area contributed by atoms with E-state index in [4.69, 9.17) is 23.7 Å². The van der Waals surface area contributed by atoms with Gasteiger partial charge in [-0.25, -0.2) is 0 Å². The molecule has 2 aliphatic carbocycles. The Labute approximate surface area is 265 Å². The van der Waals surface area contributed by atoms with E-state index in [1.54, 1.807) is 0 Å². The molecule has 0 bridgehead atoms. The molecule has 2 aliphatic heterocycles. The highest BCUT2D eigenvalue weighted by atomic mass is 16.6. The number of carbonyl (C=O) groups is 4. The molecule has 45 heavy (non-hydrogen) atoms. The molecule has 0 saturated carbocycles. The number of carbonyl (C=O) groups excluding carboxylic acids is 4. The summed E-state index contributed by atoms with van der Waals surface area (Å²) < 4.78 is 26.2. The van der Waals surface area contributed by atoms with Crippen molar-refractivity contribution in [1.29, 1.82) is 0 Å². The molecule has 0 aromatic carbocycles. The fourth-order valence-electron chi connectivity index (χ4n) is 6.34. The maximum Gasteiger partial charge on any atom is 0.308 e. The highest BCUT2D eigenvalue weighted by molar-refractivity contribution is 5.72. The van der Waals surface area contributed by atoms with E-state index in [0.29, 0.717) is 24.2 Å². The molecule has 1 fully saturated rings. The third kappa shape index (κ3) is 11.1. The minimum absolute atomic E-state index is 0.0747. The van der Waals surface area contributed by atoms with Crippen LogP contribution in [0.2, 0.25) is 0 Å². The molecule has 4 rings (SSSR count). The molecule has 11 heteroatoms. The summed E-state index contributed by atoms with van der Waals surface area (Å²) in [6.45, 7) is 10.8. The van der Waals surface area contributed by atoms with E-state index in [-0.39, 0.29) is 49.0 Å². The van der Waals surface area contributed by atoms with Crippen molar-refractivity contribution in [2.45, 2.75) is 117 Å². The predicted molar refractivity (Wildman–Crippen MR) is 163 cm³/mol. The first-order valence-electron chi connectivity index (χ1n) is 16.1. The number of aliphatic hydroxyl groups is 2. The van der Waals surface area contributed by atoms with Gasteiger partial charge >= 0.3 is 23.9 Å². The number of cyclic esters (lactones) is 1. The third-order valence-electron chi connectivity index (χ3n) is 8.83. The molecule has 0 amide bonds. The number of hydrogen-bond acceptors (Lipinski definition) is 11. The Morgan fingerprint density at radius 1 is 1.02 bits per heavy atom. The highest BCUT2D eigenvalue weighted by Crippen LogP contribution is 2.45. The van der Waals surface area contributed by atoms with Gasteiger partial charge < -0.3 is 33.9 Å². The van der Waals surface area contributed by atoms with Crippen LogP contribution in [0.25, 0.3) is 0 Å². The van der Waals surface area contributed by atoms with Gasteiger partial charge in [0.05, 0.1) is 18.4 Å². The topological polar surface area (TPSA) is 155 Å². The number of esters is 4. The van der Waals surface area contributed by atoms with Gasteiger partial charge in [0, 0.05) is 26.2 Å². The maximum absolute atomic E-state index is 12.5. The van der Waals surface area contributed by atoms with Crippen molar-refractivity contribution in [1.82, 2.24) is 0 Å². The molecule has 2 heterocycles. The van der Waals surface area contributed by atoms with Crippen LogP contribution in [0.3, 0.4) is 0 Å². The van der Waals surface area contributed by atoms with Crippen molar-refractivity contribution in [3.05, 3.63) is 36.0 Å². The van der Waals surface area contributed by atoms with Crippen LogP contribution in [0.15, 0.2) is 36.0 Å². The van der Waals surface area contributed by atoms with E-state index >= 15 is 0 Å². The molecule has 252 valence electrons. The van der Waals surface area contributed by atoms with Crippen LogP contribution >= 0.6 is 0 Å². The van der Waals surface area contributed by atoms with Gasteiger partial charge in [0.1, 0.15) is 31.0 Å². The Hall–Kier alpha value is -3.02. The summed E-state index contributed by atoms with van der Waals surface area (Å²) in [5.41, 5.74) is 1.27. The molecule has 0 radical (unpaired) electrons. The number of fused-ring (bicyclic) bond motifs is 1. The van der Waals surface area contributed by atoms with Crippen LogP contribution < -0.4 is 0 Å². The molecule has 2 N–H and O–H groups in total. The van der Waals surface area contributed by atoms with E-state index in [1.165, 1.54) is 31.6 Å². The van der Waals surface area contributed by atoms with Gasteiger partial charge in [-0.1, -0.05) is 45.9 Å². The SMILES string of the molecule is CC(=O)OC[C@H]1O[C@H](O)C=C[C@@H]1OC(C)=O.CC[C@H](C)C(=O)O[C@H]1C[C@@H](C)C=C2C=C[C@H](C)[C@H](CC[C@@H]3C[C@@H](O)CC(=O)O3)[C@H]21. The molecular formula is C34H50O11. The van der Waals surface area contributed by atoms with Gasteiger partial charge in [-0.15, -0.1) is 0 Å².